The molecule has 1 saturated carbocycles. The molecule has 110 valence electrons. The molecule has 2 unspecified atom stereocenters. The standard InChI is InChI=1S/C16H22BrNO2/c1-3-11(2)14(19)10-18-15(20)16(7-8-16)12-5-4-6-13(17)9-12/h4-6,9,11,14,19H,3,7-8,10H2,1-2H3,(H,18,20). The SMILES string of the molecule is CCC(C)C(O)CNC(=O)C1(c2cccc(Br)c2)CC1. The van der Waals surface area contributed by atoms with Gasteiger partial charge >= 0.3 is 0 Å². The van der Waals surface area contributed by atoms with Crippen molar-refractivity contribution in [2.75, 3.05) is 6.54 Å². The Labute approximate surface area is 128 Å². The maximum Gasteiger partial charge on any atom is 0.230 e. The van der Waals surface area contributed by atoms with Crippen LogP contribution in [-0.2, 0) is 10.2 Å². The van der Waals surface area contributed by atoms with Gasteiger partial charge in [0.15, 0.2) is 0 Å². The average molecular weight is 340 g/mol. The number of aliphatic hydroxyl groups is 1. The molecule has 1 amide bonds. The van der Waals surface area contributed by atoms with E-state index in [9.17, 15) is 9.90 Å². The fourth-order valence-electron chi connectivity index (χ4n) is 2.40. The first-order valence-electron chi connectivity index (χ1n) is 7.22. The molecule has 1 aromatic rings. The van der Waals surface area contributed by atoms with Gasteiger partial charge in [-0.2, -0.15) is 0 Å². The van der Waals surface area contributed by atoms with Gasteiger partial charge in [0.25, 0.3) is 0 Å². The minimum atomic E-state index is -0.470. The number of carbonyl (C=O) groups is 1. The zero-order valence-electron chi connectivity index (χ0n) is 12.0. The lowest BCUT2D eigenvalue weighted by Gasteiger charge is -2.21. The maximum absolute atomic E-state index is 12.4. The van der Waals surface area contributed by atoms with Crippen LogP contribution in [0, 0.1) is 5.92 Å². The topological polar surface area (TPSA) is 49.3 Å². The van der Waals surface area contributed by atoms with Gasteiger partial charge in [-0.25, -0.2) is 0 Å². The Morgan fingerprint density at radius 3 is 2.75 bits per heavy atom. The number of hydrogen-bond acceptors (Lipinski definition) is 2. The molecule has 2 atom stereocenters. The van der Waals surface area contributed by atoms with Crippen molar-refractivity contribution in [3.63, 3.8) is 0 Å². The van der Waals surface area contributed by atoms with Gasteiger partial charge in [-0.05, 0) is 36.5 Å². The summed E-state index contributed by atoms with van der Waals surface area (Å²) in [7, 11) is 0. The summed E-state index contributed by atoms with van der Waals surface area (Å²) in [6.45, 7) is 4.38. The molecule has 1 aromatic carbocycles. The number of amides is 1. The fraction of sp³-hybridized carbons (Fsp3) is 0.562. The lowest BCUT2D eigenvalue weighted by Crippen LogP contribution is -2.40. The minimum Gasteiger partial charge on any atom is -0.391 e. The predicted octanol–water partition coefficient (Wildman–Crippen LogP) is 3.00. The van der Waals surface area contributed by atoms with Crippen molar-refractivity contribution in [1.82, 2.24) is 5.32 Å². The summed E-state index contributed by atoms with van der Waals surface area (Å²) >= 11 is 3.45. The van der Waals surface area contributed by atoms with Crippen LogP contribution in [0.25, 0.3) is 0 Å². The van der Waals surface area contributed by atoms with Crippen molar-refractivity contribution in [2.45, 2.75) is 44.6 Å². The quantitative estimate of drug-likeness (QED) is 0.836. The van der Waals surface area contributed by atoms with Crippen molar-refractivity contribution in [1.29, 1.82) is 0 Å². The molecule has 4 heteroatoms. The Kier molecular flexibility index (Phi) is 4.86. The number of rotatable bonds is 6. The van der Waals surface area contributed by atoms with Crippen LogP contribution in [0.1, 0.15) is 38.7 Å². The molecule has 0 saturated heterocycles. The molecule has 0 spiro atoms. The highest BCUT2D eigenvalue weighted by molar-refractivity contribution is 9.10. The molecule has 0 radical (unpaired) electrons. The second kappa shape index (κ2) is 6.27. The second-order valence-electron chi connectivity index (χ2n) is 5.76. The van der Waals surface area contributed by atoms with E-state index in [4.69, 9.17) is 0 Å². The molecular formula is C16H22BrNO2. The van der Waals surface area contributed by atoms with Crippen LogP contribution in [-0.4, -0.2) is 23.7 Å². The molecule has 1 aliphatic carbocycles. The molecule has 2 N–H and O–H groups in total. The van der Waals surface area contributed by atoms with Crippen molar-refractivity contribution in [2.24, 2.45) is 5.92 Å². The lowest BCUT2D eigenvalue weighted by atomic mass is 9.94. The van der Waals surface area contributed by atoms with E-state index >= 15 is 0 Å². The Bertz CT molecular complexity index is 485. The van der Waals surface area contributed by atoms with E-state index in [2.05, 4.69) is 21.2 Å². The van der Waals surface area contributed by atoms with Crippen molar-refractivity contribution >= 4 is 21.8 Å². The summed E-state index contributed by atoms with van der Waals surface area (Å²) in [5, 5.41) is 12.9. The second-order valence-corrected chi connectivity index (χ2v) is 6.67. The molecule has 20 heavy (non-hydrogen) atoms. The molecule has 0 bridgehead atoms. The number of halogens is 1. The van der Waals surface area contributed by atoms with Gasteiger partial charge in [0.1, 0.15) is 0 Å². The summed E-state index contributed by atoms with van der Waals surface area (Å²) in [4.78, 5) is 12.4. The highest BCUT2D eigenvalue weighted by atomic mass is 79.9. The fourth-order valence-corrected chi connectivity index (χ4v) is 2.80. The Morgan fingerprint density at radius 1 is 1.50 bits per heavy atom. The largest absolute Gasteiger partial charge is 0.391 e. The summed E-state index contributed by atoms with van der Waals surface area (Å²) in [5.41, 5.74) is 0.682. The van der Waals surface area contributed by atoms with Crippen LogP contribution in [0.4, 0.5) is 0 Å². The maximum atomic E-state index is 12.4. The van der Waals surface area contributed by atoms with Gasteiger partial charge < -0.3 is 10.4 Å². The monoisotopic (exact) mass is 339 g/mol. The molecule has 1 fully saturated rings. The highest BCUT2D eigenvalue weighted by Gasteiger charge is 2.51. The van der Waals surface area contributed by atoms with Crippen LogP contribution < -0.4 is 5.32 Å². The molecule has 2 rings (SSSR count). The number of nitrogens with one attached hydrogen (secondary N) is 1. The summed E-state index contributed by atoms with van der Waals surface area (Å²) in [5.74, 6) is 0.245. The molecule has 0 aliphatic heterocycles. The van der Waals surface area contributed by atoms with Crippen LogP contribution in [0.15, 0.2) is 28.7 Å². The predicted molar refractivity (Wildman–Crippen MR) is 83.5 cm³/mol. The molecule has 3 nitrogen and oxygen atoms in total. The van der Waals surface area contributed by atoms with Gasteiger partial charge in [-0.15, -0.1) is 0 Å². The van der Waals surface area contributed by atoms with E-state index in [1.807, 2.05) is 38.1 Å². The van der Waals surface area contributed by atoms with Crippen molar-refractivity contribution < 1.29 is 9.90 Å². The number of benzene rings is 1. The van der Waals surface area contributed by atoms with Gasteiger partial charge in [0.05, 0.1) is 11.5 Å². The Balaban J connectivity index is 1.99. The first-order chi connectivity index (χ1) is 9.49. The van der Waals surface area contributed by atoms with Crippen LogP contribution in [0.2, 0.25) is 0 Å². The van der Waals surface area contributed by atoms with Crippen LogP contribution >= 0.6 is 15.9 Å². The van der Waals surface area contributed by atoms with Gasteiger partial charge in [-0.3, -0.25) is 4.79 Å². The van der Waals surface area contributed by atoms with E-state index in [0.717, 1.165) is 29.3 Å². The van der Waals surface area contributed by atoms with Crippen molar-refractivity contribution in [3.05, 3.63) is 34.3 Å². The summed E-state index contributed by atoms with van der Waals surface area (Å²) in [6.07, 6.45) is 2.21. The van der Waals surface area contributed by atoms with E-state index in [1.165, 1.54) is 0 Å². The van der Waals surface area contributed by atoms with E-state index in [-0.39, 0.29) is 17.2 Å². The Hall–Kier alpha value is -0.870. The van der Waals surface area contributed by atoms with Crippen LogP contribution in [0.3, 0.4) is 0 Å². The lowest BCUT2D eigenvalue weighted by molar-refractivity contribution is -0.124. The van der Waals surface area contributed by atoms with Gasteiger partial charge in [0, 0.05) is 11.0 Å². The first-order valence-corrected chi connectivity index (χ1v) is 8.01. The first kappa shape index (κ1) is 15.5. The minimum absolute atomic E-state index is 0.0398. The van der Waals surface area contributed by atoms with Gasteiger partial charge in [-0.1, -0.05) is 48.3 Å². The molecule has 0 heterocycles. The van der Waals surface area contributed by atoms with E-state index in [0.29, 0.717) is 6.54 Å². The molecule has 1 aliphatic rings. The molecular weight excluding hydrogens is 318 g/mol. The van der Waals surface area contributed by atoms with Crippen molar-refractivity contribution in [3.8, 4) is 0 Å². The smallest absolute Gasteiger partial charge is 0.230 e. The number of aliphatic hydroxyl groups excluding tert-OH is 1. The summed E-state index contributed by atoms with van der Waals surface area (Å²) < 4.78 is 0.994. The third-order valence-corrected chi connectivity index (χ3v) is 4.83. The normalized spacial score (nSPS) is 19.2. The third kappa shape index (κ3) is 3.23. The zero-order chi connectivity index (χ0) is 14.8. The van der Waals surface area contributed by atoms with E-state index < -0.39 is 6.10 Å². The highest BCUT2D eigenvalue weighted by Crippen LogP contribution is 2.48. The summed E-state index contributed by atoms with van der Waals surface area (Å²) in [6, 6.07) is 7.94. The van der Waals surface area contributed by atoms with E-state index in [1.54, 1.807) is 0 Å². The average Bonchev–Trinajstić information content (AvgIpc) is 3.25. The van der Waals surface area contributed by atoms with Gasteiger partial charge in [0.2, 0.25) is 5.91 Å². The number of hydrogen-bond donors (Lipinski definition) is 2. The molecule has 0 aromatic heterocycles. The number of carbonyl (C=O) groups excluding carboxylic acids is 1. The Morgan fingerprint density at radius 2 is 2.20 bits per heavy atom. The van der Waals surface area contributed by atoms with Crippen LogP contribution in [0.5, 0.6) is 0 Å². The third-order valence-electron chi connectivity index (χ3n) is 4.33. The zero-order valence-corrected chi connectivity index (χ0v) is 13.6.